The molecule has 0 atom stereocenters. The van der Waals surface area contributed by atoms with E-state index < -0.39 is 23.2 Å². The summed E-state index contributed by atoms with van der Waals surface area (Å²) in [6.07, 6.45) is -2.11. The fraction of sp³-hybridized carbons (Fsp3) is 0.429. The molecule has 0 radical (unpaired) electrons. The molecule has 1 amide bonds. The van der Waals surface area contributed by atoms with E-state index in [0.717, 1.165) is 11.8 Å². The lowest BCUT2D eigenvalue weighted by Gasteiger charge is -2.60. The zero-order chi connectivity index (χ0) is 22.9. The van der Waals surface area contributed by atoms with Gasteiger partial charge in [0, 0.05) is 13.6 Å². The van der Waals surface area contributed by atoms with Crippen molar-refractivity contribution in [3.8, 4) is 5.75 Å². The van der Waals surface area contributed by atoms with Crippen LogP contribution in [0.5, 0.6) is 5.75 Å². The van der Waals surface area contributed by atoms with Crippen molar-refractivity contribution in [3.63, 3.8) is 0 Å². The van der Waals surface area contributed by atoms with Gasteiger partial charge in [-0.15, -0.1) is 13.2 Å². The summed E-state index contributed by atoms with van der Waals surface area (Å²) in [6.45, 7) is 0.364. The number of hydrogen-bond acceptors (Lipinski definition) is 5. The van der Waals surface area contributed by atoms with Gasteiger partial charge >= 0.3 is 6.36 Å². The Morgan fingerprint density at radius 1 is 1.19 bits per heavy atom. The maximum atomic E-state index is 13.8. The lowest BCUT2D eigenvalue weighted by Crippen LogP contribution is -2.70. The number of nitrogens with one attached hydrogen (secondary N) is 1. The number of alkyl halides is 3. The molecule has 1 aliphatic carbocycles. The van der Waals surface area contributed by atoms with E-state index in [9.17, 15) is 22.4 Å². The molecule has 1 heterocycles. The summed E-state index contributed by atoms with van der Waals surface area (Å²) in [5.41, 5.74) is -0.262. The third-order valence-electron chi connectivity index (χ3n) is 5.73. The van der Waals surface area contributed by atoms with Crippen molar-refractivity contribution in [1.29, 1.82) is 0 Å². The molecule has 0 saturated heterocycles. The number of ether oxygens (including phenoxy) is 1. The number of pyridine rings is 1. The Bertz CT molecular complexity index is 912. The molecule has 10 heteroatoms. The molecule has 1 saturated carbocycles. The minimum atomic E-state index is -4.79. The predicted molar refractivity (Wildman–Crippen MR) is 107 cm³/mol. The number of hydrogen-bond donors (Lipinski definition) is 1. The number of benzene rings is 1. The molecular formula is C21H24F4N4O2. The average molecular weight is 440 g/mol. The van der Waals surface area contributed by atoms with Crippen molar-refractivity contribution in [2.75, 3.05) is 32.6 Å². The minimum Gasteiger partial charge on any atom is -0.404 e. The quantitative estimate of drug-likeness (QED) is 0.504. The van der Waals surface area contributed by atoms with Gasteiger partial charge in [-0.2, -0.15) is 0 Å². The molecule has 0 aliphatic heterocycles. The molecule has 0 unspecified atom stereocenters. The Labute approximate surface area is 177 Å². The highest BCUT2D eigenvalue weighted by atomic mass is 19.4. The number of aromatic nitrogens is 1. The second-order valence-corrected chi connectivity index (χ2v) is 8.09. The van der Waals surface area contributed by atoms with Crippen LogP contribution in [0.4, 0.5) is 23.4 Å². The molecule has 1 fully saturated rings. The van der Waals surface area contributed by atoms with Crippen LogP contribution < -0.4 is 15.0 Å². The highest BCUT2D eigenvalue weighted by Gasteiger charge is 2.57. The Morgan fingerprint density at radius 3 is 2.42 bits per heavy atom. The summed E-state index contributed by atoms with van der Waals surface area (Å²) in [7, 11) is 5.54. The van der Waals surface area contributed by atoms with Crippen molar-refractivity contribution in [3.05, 3.63) is 54.0 Å². The summed E-state index contributed by atoms with van der Waals surface area (Å²) in [6, 6.07) is 9.00. The topological polar surface area (TPSA) is 57.7 Å². The first-order chi connectivity index (χ1) is 14.5. The number of likely N-dealkylation sites (N-methyl/N-ethyl adjacent to an activating group) is 1. The monoisotopic (exact) mass is 440 g/mol. The Balaban J connectivity index is 1.77. The lowest BCUT2D eigenvalue weighted by molar-refractivity contribution is -0.274. The van der Waals surface area contributed by atoms with Gasteiger partial charge < -0.3 is 15.0 Å². The van der Waals surface area contributed by atoms with Gasteiger partial charge in [-0.25, -0.2) is 9.37 Å². The van der Waals surface area contributed by atoms with E-state index in [-0.39, 0.29) is 5.82 Å². The van der Waals surface area contributed by atoms with Crippen LogP contribution in [0.1, 0.15) is 18.4 Å². The normalized spacial score (nSPS) is 23.2. The molecule has 2 aromatic rings. The molecule has 31 heavy (non-hydrogen) atoms. The predicted octanol–water partition coefficient (Wildman–Crippen LogP) is 3.29. The SMILES string of the molecule is CN(CC1(NC=O)CC(c2cccc(F)c2)(N(C)C)C1)c1ccc(OC(F)(F)F)cn1. The largest absolute Gasteiger partial charge is 0.573 e. The number of halogens is 4. The van der Waals surface area contributed by atoms with Crippen LogP contribution >= 0.6 is 0 Å². The number of carbonyl (C=O) groups excluding carboxylic acids is 1. The zero-order valence-corrected chi connectivity index (χ0v) is 17.4. The van der Waals surface area contributed by atoms with Crippen molar-refractivity contribution >= 4 is 12.2 Å². The second-order valence-electron chi connectivity index (χ2n) is 8.09. The van der Waals surface area contributed by atoms with E-state index >= 15 is 0 Å². The molecule has 0 bridgehead atoms. The van der Waals surface area contributed by atoms with Gasteiger partial charge in [0.05, 0.1) is 17.3 Å². The average Bonchev–Trinajstić information content (AvgIpc) is 2.64. The standard InChI is InChI=1S/C21H24F4N4O2/c1-28(2)20(15-5-4-6-16(22)9-15)11-19(12-20,27-14-30)13-29(3)18-8-7-17(10-26-18)31-21(23,24)25/h4-10,14H,11-13H2,1-3H3,(H,27,30). The third kappa shape index (κ3) is 4.90. The number of nitrogens with zero attached hydrogens (tertiary/aromatic N) is 3. The first kappa shape index (κ1) is 22.8. The van der Waals surface area contributed by atoms with Crippen LogP contribution in [0, 0.1) is 5.82 Å². The van der Waals surface area contributed by atoms with Gasteiger partial charge in [0.1, 0.15) is 17.4 Å². The second kappa shape index (κ2) is 8.33. The van der Waals surface area contributed by atoms with Gasteiger partial charge in [-0.1, -0.05) is 12.1 Å². The molecule has 168 valence electrons. The van der Waals surface area contributed by atoms with Crippen LogP contribution in [0.15, 0.2) is 42.6 Å². The number of amides is 1. The van der Waals surface area contributed by atoms with E-state index in [1.807, 2.05) is 25.1 Å². The van der Waals surface area contributed by atoms with Gasteiger partial charge in [0.2, 0.25) is 6.41 Å². The van der Waals surface area contributed by atoms with Crippen molar-refractivity contribution in [2.45, 2.75) is 30.3 Å². The van der Waals surface area contributed by atoms with E-state index in [2.05, 4.69) is 15.0 Å². The fourth-order valence-corrected chi connectivity index (χ4v) is 4.34. The van der Waals surface area contributed by atoms with Crippen LogP contribution in [-0.2, 0) is 10.3 Å². The van der Waals surface area contributed by atoms with E-state index in [1.165, 1.54) is 24.3 Å². The van der Waals surface area contributed by atoms with Gasteiger partial charge in [-0.05, 0) is 56.8 Å². The smallest absolute Gasteiger partial charge is 0.404 e. The van der Waals surface area contributed by atoms with E-state index in [0.29, 0.717) is 31.6 Å². The highest BCUT2D eigenvalue weighted by Crippen LogP contribution is 2.52. The maximum absolute atomic E-state index is 13.8. The third-order valence-corrected chi connectivity index (χ3v) is 5.73. The van der Waals surface area contributed by atoms with E-state index in [4.69, 9.17) is 0 Å². The van der Waals surface area contributed by atoms with Crippen LogP contribution in [0.25, 0.3) is 0 Å². The summed E-state index contributed by atoms with van der Waals surface area (Å²) < 4.78 is 54.7. The van der Waals surface area contributed by atoms with Crippen molar-refractivity contribution in [2.24, 2.45) is 0 Å². The Hall–Kier alpha value is -2.88. The van der Waals surface area contributed by atoms with Gasteiger partial charge in [0.15, 0.2) is 0 Å². The van der Waals surface area contributed by atoms with Crippen LogP contribution in [-0.4, -0.2) is 55.9 Å². The summed E-state index contributed by atoms with van der Waals surface area (Å²) in [4.78, 5) is 19.1. The lowest BCUT2D eigenvalue weighted by atomic mass is 9.58. The Kier molecular flexibility index (Phi) is 6.13. The maximum Gasteiger partial charge on any atom is 0.573 e. The number of rotatable bonds is 8. The molecule has 3 rings (SSSR count). The number of carbonyl (C=O) groups is 1. The van der Waals surface area contributed by atoms with Crippen molar-refractivity contribution in [1.82, 2.24) is 15.2 Å². The molecule has 6 nitrogen and oxygen atoms in total. The molecule has 0 spiro atoms. The fourth-order valence-electron chi connectivity index (χ4n) is 4.34. The van der Waals surface area contributed by atoms with Crippen LogP contribution in [0.2, 0.25) is 0 Å². The van der Waals surface area contributed by atoms with Crippen molar-refractivity contribution < 1.29 is 27.1 Å². The number of anilines is 1. The molecule has 1 aromatic heterocycles. The molecular weight excluding hydrogens is 416 g/mol. The molecule has 1 aromatic carbocycles. The highest BCUT2D eigenvalue weighted by molar-refractivity contribution is 5.51. The summed E-state index contributed by atoms with van der Waals surface area (Å²) in [5.74, 6) is -0.316. The van der Waals surface area contributed by atoms with Gasteiger partial charge in [-0.3, -0.25) is 9.69 Å². The van der Waals surface area contributed by atoms with Gasteiger partial charge in [0.25, 0.3) is 0 Å². The minimum absolute atomic E-state index is 0.331. The summed E-state index contributed by atoms with van der Waals surface area (Å²) >= 11 is 0. The first-order valence-corrected chi connectivity index (χ1v) is 9.56. The Morgan fingerprint density at radius 2 is 1.90 bits per heavy atom. The molecule has 1 aliphatic rings. The summed E-state index contributed by atoms with van der Waals surface area (Å²) in [5, 5.41) is 2.89. The first-order valence-electron chi connectivity index (χ1n) is 9.56. The zero-order valence-electron chi connectivity index (χ0n) is 17.4. The van der Waals surface area contributed by atoms with Crippen LogP contribution in [0.3, 0.4) is 0 Å². The molecule has 1 N–H and O–H groups in total. The van der Waals surface area contributed by atoms with E-state index in [1.54, 1.807) is 18.0 Å².